The molecule has 0 radical (unpaired) electrons. The first-order valence-corrected chi connectivity index (χ1v) is 8.03. The van der Waals surface area contributed by atoms with E-state index in [1.165, 1.54) is 30.3 Å². The highest BCUT2D eigenvalue weighted by molar-refractivity contribution is 7.92. The molecule has 1 aromatic carbocycles. The number of carboxylic acids is 1. The van der Waals surface area contributed by atoms with Crippen LogP contribution in [0.5, 0.6) is 0 Å². The average Bonchev–Trinajstić information content (AvgIpc) is 2.90. The third-order valence-corrected chi connectivity index (χ3v) is 4.05. The van der Waals surface area contributed by atoms with Crippen LogP contribution in [0.4, 0.5) is 11.5 Å². The summed E-state index contributed by atoms with van der Waals surface area (Å²) in [6, 6.07) is 6.74. The molecule has 0 atom stereocenters. The first-order valence-electron chi connectivity index (χ1n) is 6.54. The van der Waals surface area contributed by atoms with Gasteiger partial charge in [0.05, 0.1) is 4.90 Å². The number of hydrogen-bond acceptors (Lipinski definition) is 6. The Labute approximate surface area is 137 Å². The second-order valence-corrected chi connectivity index (χ2v) is 6.30. The van der Waals surface area contributed by atoms with Crippen LogP contribution in [0, 0.1) is 6.92 Å². The Balaban J connectivity index is 2.08. The Morgan fingerprint density at radius 3 is 2.42 bits per heavy atom. The summed E-state index contributed by atoms with van der Waals surface area (Å²) in [7, 11) is -3.84. The van der Waals surface area contributed by atoms with Gasteiger partial charge < -0.3 is 14.9 Å². The number of aryl methyl sites for hydroxylation is 1. The average molecular weight is 351 g/mol. The van der Waals surface area contributed by atoms with E-state index >= 15 is 0 Å². The van der Waals surface area contributed by atoms with Crippen molar-refractivity contribution in [2.75, 3.05) is 10.0 Å². The zero-order valence-electron chi connectivity index (χ0n) is 12.4. The number of nitrogens with one attached hydrogen (secondary N) is 2. The Bertz CT molecular complexity index is 883. The summed E-state index contributed by atoms with van der Waals surface area (Å²) >= 11 is 0. The molecule has 24 heavy (non-hydrogen) atoms. The van der Waals surface area contributed by atoms with E-state index in [-0.39, 0.29) is 10.7 Å². The normalized spacial score (nSPS) is 11.4. The van der Waals surface area contributed by atoms with Crippen LogP contribution >= 0.6 is 0 Å². The lowest BCUT2D eigenvalue weighted by Gasteiger charge is -2.06. The van der Waals surface area contributed by atoms with Gasteiger partial charge in [-0.05, 0) is 31.2 Å². The molecule has 0 spiro atoms. The molecule has 3 N–H and O–H groups in total. The van der Waals surface area contributed by atoms with Crippen molar-refractivity contribution in [2.45, 2.75) is 11.8 Å². The summed E-state index contributed by atoms with van der Waals surface area (Å²) in [5, 5.41) is 14.4. The van der Waals surface area contributed by atoms with Crippen LogP contribution < -0.4 is 10.0 Å². The summed E-state index contributed by atoms with van der Waals surface area (Å²) in [6.07, 6.45) is 1.54. The van der Waals surface area contributed by atoms with Crippen molar-refractivity contribution >= 4 is 33.4 Å². The summed E-state index contributed by atoms with van der Waals surface area (Å²) in [6.45, 7) is 1.63. The molecule has 126 valence electrons. The van der Waals surface area contributed by atoms with Crippen LogP contribution in [0.25, 0.3) is 0 Å². The molecule has 0 bridgehead atoms. The maximum atomic E-state index is 12.2. The molecule has 0 aliphatic carbocycles. The molecule has 2 aromatic rings. The van der Waals surface area contributed by atoms with Crippen molar-refractivity contribution < 1.29 is 27.6 Å². The Kier molecular flexibility index (Phi) is 4.99. The first kappa shape index (κ1) is 17.2. The topological polar surface area (TPSA) is 139 Å². The minimum absolute atomic E-state index is 0.0396. The van der Waals surface area contributed by atoms with Gasteiger partial charge in [-0.3, -0.25) is 9.52 Å². The number of anilines is 2. The highest BCUT2D eigenvalue weighted by atomic mass is 32.2. The molecule has 0 unspecified atom stereocenters. The number of carbonyl (C=O) groups is 2. The zero-order chi connectivity index (χ0) is 17.7. The molecular formula is C14H13N3O6S. The van der Waals surface area contributed by atoms with Crippen LogP contribution in [-0.2, 0) is 19.6 Å². The third kappa shape index (κ3) is 4.68. The smallest absolute Gasteiger partial charge is 0.328 e. The van der Waals surface area contributed by atoms with Gasteiger partial charge in [0.15, 0.2) is 5.82 Å². The molecule has 1 amide bonds. The predicted molar refractivity (Wildman–Crippen MR) is 83.9 cm³/mol. The van der Waals surface area contributed by atoms with Gasteiger partial charge in [-0.2, -0.15) is 0 Å². The number of hydrogen-bond donors (Lipinski definition) is 3. The lowest BCUT2D eigenvalue weighted by atomic mass is 10.3. The molecule has 0 aliphatic rings. The van der Waals surface area contributed by atoms with Crippen LogP contribution in [0.1, 0.15) is 5.76 Å². The Hall–Kier alpha value is -3.14. The molecule has 0 saturated heterocycles. The van der Waals surface area contributed by atoms with E-state index in [0.717, 1.165) is 6.08 Å². The fourth-order valence-electron chi connectivity index (χ4n) is 1.66. The monoisotopic (exact) mass is 351 g/mol. The molecule has 2 rings (SSSR count). The van der Waals surface area contributed by atoms with E-state index in [1.54, 1.807) is 6.92 Å². The van der Waals surface area contributed by atoms with Crippen molar-refractivity contribution in [1.29, 1.82) is 0 Å². The number of carbonyl (C=O) groups excluding carboxylic acids is 1. The second kappa shape index (κ2) is 6.96. The van der Waals surface area contributed by atoms with Gasteiger partial charge in [0.1, 0.15) is 5.76 Å². The summed E-state index contributed by atoms with van der Waals surface area (Å²) in [4.78, 5) is 21.7. The first-order chi connectivity index (χ1) is 11.3. The van der Waals surface area contributed by atoms with E-state index in [1.807, 2.05) is 0 Å². The summed E-state index contributed by atoms with van der Waals surface area (Å²) < 4.78 is 31.4. The maximum Gasteiger partial charge on any atom is 0.328 e. The van der Waals surface area contributed by atoms with Gasteiger partial charge in [-0.1, -0.05) is 5.16 Å². The van der Waals surface area contributed by atoms with E-state index in [9.17, 15) is 18.0 Å². The minimum atomic E-state index is -3.84. The molecule has 9 nitrogen and oxygen atoms in total. The number of aliphatic carboxylic acids is 1. The molecular weight excluding hydrogens is 338 g/mol. The molecule has 0 fully saturated rings. The van der Waals surface area contributed by atoms with Crippen molar-refractivity contribution in [2.24, 2.45) is 0 Å². The SMILES string of the molecule is Cc1cc(NS(=O)(=O)c2ccc(NC(=O)C=CC(=O)O)cc2)no1. The van der Waals surface area contributed by atoms with E-state index in [2.05, 4.69) is 15.2 Å². The fourth-order valence-corrected chi connectivity index (χ4v) is 2.64. The van der Waals surface area contributed by atoms with Gasteiger partial charge in [0.2, 0.25) is 5.91 Å². The summed E-state index contributed by atoms with van der Waals surface area (Å²) in [5.74, 6) is -1.38. The van der Waals surface area contributed by atoms with Gasteiger partial charge in [0.25, 0.3) is 10.0 Å². The van der Waals surface area contributed by atoms with Gasteiger partial charge in [-0.15, -0.1) is 0 Å². The highest BCUT2D eigenvalue weighted by Crippen LogP contribution is 2.18. The van der Waals surface area contributed by atoms with Gasteiger partial charge in [0, 0.05) is 23.9 Å². The quantitative estimate of drug-likeness (QED) is 0.668. The van der Waals surface area contributed by atoms with Crippen LogP contribution in [-0.4, -0.2) is 30.6 Å². The molecule has 0 aliphatic heterocycles. The summed E-state index contributed by atoms with van der Waals surface area (Å²) in [5.41, 5.74) is 0.311. The largest absolute Gasteiger partial charge is 0.478 e. The van der Waals surface area contributed by atoms with Gasteiger partial charge in [-0.25, -0.2) is 13.2 Å². The molecule has 0 saturated carbocycles. The zero-order valence-corrected chi connectivity index (χ0v) is 13.2. The Morgan fingerprint density at radius 1 is 1.21 bits per heavy atom. The van der Waals surface area contributed by atoms with Gasteiger partial charge >= 0.3 is 5.97 Å². The number of benzene rings is 1. The molecule has 10 heteroatoms. The highest BCUT2D eigenvalue weighted by Gasteiger charge is 2.16. The number of carboxylic acid groups (broad SMARTS) is 1. The molecule has 1 aromatic heterocycles. The van der Waals surface area contributed by atoms with Crippen LogP contribution in [0.15, 0.2) is 51.9 Å². The second-order valence-electron chi connectivity index (χ2n) is 4.61. The van der Waals surface area contributed by atoms with Crippen molar-refractivity contribution in [1.82, 2.24) is 5.16 Å². The lowest BCUT2D eigenvalue weighted by molar-refractivity contribution is -0.131. The van der Waals surface area contributed by atoms with Crippen LogP contribution in [0.3, 0.4) is 0 Å². The van der Waals surface area contributed by atoms with E-state index in [0.29, 0.717) is 17.5 Å². The van der Waals surface area contributed by atoms with Crippen molar-refractivity contribution in [3.05, 3.63) is 48.2 Å². The van der Waals surface area contributed by atoms with E-state index < -0.39 is 21.9 Å². The maximum absolute atomic E-state index is 12.2. The standard InChI is InChI=1S/C14H13N3O6S/c1-9-8-12(16-23-9)17-24(21,22)11-4-2-10(3-5-11)15-13(18)6-7-14(19)20/h2-8H,1H3,(H,15,18)(H,16,17)(H,19,20). The number of rotatable bonds is 6. The fraction of sp³-hybridized carbons (Fsp3) is 0.0714. The van der Waals surface area contributed by atoms with Crippen molar-refractivity contribution in [3.8, 4) is 0 Å². The van der Waals surface area contributed by atoms with Crippen molar-refractivity contribution in [3.63, 3.8) is 0 Å². The third-order valence-electron chi connectivity index (χ3n) is 2.68. The number of sulfonamides is 1. The number of nitrogens with zero attached hydrogens (tertiary/aromatic N) is 1. The number of aromatic nitrogens is 1. The Morgan fingerprint density at radius 2 is 1.88 bits per heavy atom. The minimum Gasteiger partial charge on any atom is -0.478 e. The molecule has 1 heterocycles. The van der Waals surface area contributed by atoms with Crippen LogP contribution in [0.2, 0.25) is 0 Å². The number of amides is 1. The predicted octanol–water partition coefficient (Wildman–Crippen LogP) is 1.36. The lowest BCUT2D eigenvalue weighted by Crippen LogP contribution is -2.13. The van der Waals surface area contributed by atoms with E-state index in [4.69, 9.17) is 9.63 Å².